The van der Waals surface area contributed by atoms with Crippen LogP contribution < -0.4 is 0 Å². The van der Waals surface area contributed by atoms with Crippen LogP contribution in [0.4, 0.5) is 0 Å². The SMILES string of the molecule is Cc1cc(O)cc(C)c1C1(c2c(C)cc(O)cc2C)CC(C)CC(C)(C)C1. The van der Waals surface area contributed by atoms with Gasteiger partial charge in [0.1, 0.15) is 11.5 Å². The molecule has 0 bridgehead atoms. The Morgan fingerprint density at radius 2 is 1.11 bits per heavy atom. The minimum Gasteiger partial charge on any atom is -0.508 e. The van der Waals surface area contributed by atoms with Crippen LogP contribution in [-0.4, -0.2) is 10.2 Å². The molecule has 0 aliphatic heterocycles. The third-order valence-corrected chi connectivity index (χ3v) is 6.37. The summed E-state index contributed by atoms with van der Waals surface area (Å²) >= 11 is 0. The molecule has 2 nitrogen and oxygen atoms in total. The fraction of sp³-hybridized carbons (Fsp3) is 0.520. The first-order valence-corrected chi connectivity index (χ1v) is 10.1. The van der Waals surface area contributed by atoms with Gasteiger partial charge in [0.2, 0.25) is 0 Å². The lowest BCUT2D eigenvalue weighted by Gasteiger charge is -2.50. The van der Waals surface area contributed by atoms with E-state index >= 15 is 0 Å². The van der Waals surface area contributed by atoms with Gasteiger partial charge in [0.25, 0.3) is 0 Å². The van der Waals surface area contributed by atoms with Crippen molar-refractivity contribution in [2.24, 2.45) is 11.3 Å². The van der Waals surface area contributed by atoms with Crippen molar-refractivity contribution in [2.45, 2.75) is 73.1 Å². The van der Waals surface area contributed by atoms with Crippen LogP contribution in [0, 0.1) is 39.0 Å². The van der Waals surface area contributed by atoms with Crippen LogP contribution in [0.15, 0.2) is 24.3 Å². The number of aromatic hydroxyl groups is 2. The summed E-state index contributed by atoms with van der Waals surface area (Å²) in [4.78, 5) is 0. The second kappa shape index (κ2) is 6.58. The molecule has 0 spiro atoms. The number of phenols is 2. The normalized spacial score (nSPS) is 21.2. The van der Waals surface area contributed by atoms with Crippen LogP contribution in [-0.2, 0) is 5.41 Å². The van der Waals surface area contributed by atoms with Gasteiger partial charge in [0, 0.05) is 5.41 Å². The third-order valence-electron chi connectivity index (χ3n) is 6.37. The minimum absolute atomic E-state index is 0.106. The number of rotatable bonds is 2. The second-order valence-corrected chi connectivity index (χ2v) is 9.85. The Morgan fingerprint density at radius 1 is 0.741 bits per heavy atom. The maximum Gasteiger partial charge on any atom is 0.116 e. The lowest BCUT2D eigenvalue weighted by atomic mass is 9.53. The quantitative estimate of drug-likeness (QED) is 0.640. The Bertz CT molecular complexity index is 772. The second-order valence-electron chi connectivity index (χ2n) is 9.85. The van der Waals surface area contributed by atoms with Crippen molar-refractivity contribution >= 4 is 0 Å². The summed E-state index contributed by atoms with van der Waals surface area (Å²) in [5, 5.41) is 20.3. The summed E-state index contributed by atoms with van der Waals surface area (Å²) in [5.41, 5.74) is 7.46. The van der Waals surface area contributed by atoms with Crippen LogP contribution in [0.2, 0.25) is 0 Å². The van der Waals surface area contributed by atoms with E-state index in [-0.39, 0.29) is 10.8 Å². The van der Waals surface area contributed by atoms with Crippen molar-refractivity contribution in [1.82, 2.24) is 0 Å². The lowest BCUT2D eigenvalue weighted by Crippen LogP contribution is -2.43. The summed E-state index contributed by atoms with van der Waals surface area (Å²) in [6, 6.07) is 7.62. The van der Waals surface area contributed by atoms with Crippen molar-refractivity contribution in [3.8, 4) is 11.5 Å². The molecule has 2 aromatic rings. The summed E-state index contributed by atoms with van der Waals surface area (Å²) in [6.07, 6.45) is 3.39. The first kappa shape index (κ1) is 19.8. The highest BCUT2D eigenvalue weighted by Gasteiger charge is 2.47. The van der Waals surface area contributed by atoms with E-state index in [0.29, 0.717) is 17.4 Å². The fourth-order valence-corrected chi connectivity index (χ4v) is 6.47. The monoisotopic (exact) mass is 366 g/mol. The summed E-state index contributed by atoms with van der Waals surface area (Å²) < 4.78 is 0. The predicted octanol–water partition coefficient (Wildman–Crippen LogP) is 6.46. The topological polar surface area (TPSA) is 40.5 Å². The van der Waals surface area contributed by atoms with Gasteiger partial charge in [-0.05, 0) is 116 Å². The van der Waals surface area contributed by atoms with Crippen molar-refractivity contribution < 1.29 is 10.2 Å². The van der Waals surface area contributed by atoms with Crippen molar-refractivity contribution in [1.29, 1.82) is 0 Å². The number of phenolic OH excluding ortho intramolecular Hbond substituents is 2. The molecule has 1 saturated carbocycles. The Kier molecular flexibility index (Phi) is 4.82. The van der Waals surface area contributed by atoms with E-state index in [9.17, 15) is 10.2 Å². The Balaban J connectivity index is 2.40. The summed E-state index contributed by atoms with van der Waals surface area (Å²) in [7, 11) is 0. The van der Waals surface area contributed by atoms with Crippen molar-refractivity contribution in [3.63, 3.8) is 0 Å². The van der Waals surface area contributed by atoms with E-state index in [1.165, 1.54) is 17.5 Å². The van der Waals surface area contributed by atoms with Crippen molar-refractivity contribution in [2.75, 3.05) is 0 Å². The van der Waals surface area contributed by atoms with E-state index in [1.54, 1.807) is 0 Å². The number of benzene rings is 2. The Labute approximate surface area is 164 Å². The molecule has 2 aromatic carbocycles. The smallest absolute Gasteiger partial charge is 0.116 e. The zero-order valence-electron chi connectivity index (χ0n) is 17.9. The summed E-state index contributed by atoms with van der Waals surface area (Å²) in [6.45, 7) is 15.6. The highest BCUT2D eigenvalue weighted by Crippen LogP contribution is 2.56. The van der Waals surface area contributed by atoms with Gasteiger partial charge in [-0.25, -0.2) is 0 Å². The lowest BCUT2D eigenvalue weighted by molar-refractivity contribution is 0.125. The molecule has 0 saturated heterocycles. The van der Waals surface area contributed by atoms with Gasteiger partial charge in [0.15, 0.2) is 0 Å². The molecule has 146 valence electrons. The Morgan fingerprint density at radius 3 is 1.44 bits per heavy atom. The molecule has 0 aromatic heterocycles. The maximum atomic E-state index is 10.1. The molecule has 27 heavy (non-hydrogen) atoms. The van der Waals surface area contributed by atoms with Crippen LogP contribution in [0.3, 0.4) is 0 Å². The molecule has 1 aliphatic rings. The van der Waals surface area contributed by atoms with Gasteiger partial charge in [-0.1, -0.05) is 20.8 Å². The van der Waals surface area contributed by atoms with E-state index in [1.807, 2.05) is 24.3 Å². The predicted molar refractivity (Wildman–Crippen MR) is 113 cm³/mol. The van der Waals surface area contributed by atoms with Gasteiger partial charge < -0.3 is 10.2 Å². The van der Waals surface area contributed by atoms with Crippen LogP contribution >= 0.6 is 0 Å². The van der Waals surface area contributed by atoms with E-state index in [2.05, 4.69) is 48.5 Å². The molecule has 1 atom stereocenters. The zero-order chi connectivity index (χ0) is 20.1. The van der Waals surface area contributed by atoms with Crippen molar-refractivity contribution in [3.05, 3.63) is 57.6 Å². The Hall–Kier alpha value is -1.96. The summed E-state index contributed by atoms with van der Waals surface area (Å²) in [5.74, 6) is 1.28. The minimum atomic E-state index is -0.106. The van der Waals surface area contributed by atoms with Crippen LogP contribution in [0.1, 0.15) is 73.4 Å². The first-order valence-electron chi connectivity index (χ1n) is 10.1. The van der Waals surface area contributed by atoms with Crippen LogP contribution in [0.5, 0.6) is 11.5 Å². The average molecular weight is 367 g/mol. The van der Waals surface area contributed by atoms with Crippen LogP contribution in [0.25, 0.3) is 0 Å². The number of hydrogen-bond acceptors (Lipinski definition) is 2. The average Bonchev–Trinajstić information content (AvgIpc) is 2.41. The zero-order valence-corrected chi connectivity index (χ0v) is 17.9. The molecule has 0 heterocycles. The van der Waals surface area contributed by atoms with Gasteiger partial charge in [0.05, 0.1) is 0 Å². The maximum absolute atomic E-state index is 10.1. The third kappa shape index (κ3) is 3.47. The molecule has 0 radical (unpaired) electrons. The fourth-order valence-electron chi connectivity index (χ4n) is 6.47. The van der Waals surface area contributed by atoms with E-state index in [4.69, 9.17) is 0 Å². The number of hydrogen-bond donors (Lipinski definition) is 2. The highest BCUT2D eigenvalue weighted by molar-refractivity contribution is 5.56. The first-order chi connectivity index (χ1) is 12.4. The molecule has 2 heteroatoms. The standard InChI is InChI=1S/C25H34O2/c1-15-12-24(6,7)14-25(13-15,22-16(2)8-20(26)9-17(22)3)23-18(4)10-21(27)11-19(23)5/h8-11,15,26-27H,12-14H2,1-7H3. The van der Waals surface area contributed by atoms with E-state index < -0.39 is 0 Å². The van der Waals surface area contributed by atoms with E-state index in [0.717, 1.165) is 35.1 Å². The largest absolute Gasteiger partial charge is 0.508 e. The van der Waals surface area contributed by atoms with Gasteiger partial charge in [-0.15, -0.1) is 0 Å². The molecular weight excluding hydrogens is 332 g/mol. The van der Waals surface area contributed by atoms with Gasteiger partial charge in [-0.2, -0.15) is 0 Å². The number of aryl methyl sites for hydroxylation is 4. The molecular formula is C25H34O2. The molecule has 3 rings (SSSR count). The van der Waals surface area contributed by atoms with Gasteiger partial charge >= 0.3 is 0 Å². The molecule has 1 unspecified atom stereocenters. The molecule has 1 fully saturated rings. The highest BCUT2D eigenvalue weighted by atomic mass is 16.3. The molecule has 1 aliphatic carbocycles. The van der Waals surface area contributed by atoms with Gasteiger partial charge in [-0.3, -0.25) is 0 Å². The molecule has 0 amide bonds. The molecule has 2 N–H and O–H groups in total.